The van der Waals surface area contributed by atoms with E-state index in [4.69, 9.17) is 24.2 Å². The van der Waals surface area contributed by atoms with Crippen molar-refractivity contribution in [2.24, 2.45) is 17.8 Å². The van der Waals surface area contributed by atoms with Gasteiger partial charge in [0.2, 0.25) is 11.8 Å². The summed E-state index contributed by atoms with van der Waals surface area (Å²) in [6.07, 6.45) is 3.45. The van der Waals surface area contributed by atoms with Crippen molar-refractivity contribution in [1.82, 2.24) is 40.4 Å². The molecule has 63 heavy (non-hydrogen) atoms. The molecule has 2 fully saturated rings. The Kier molecular flexibility index (Phi) is 12.4. The summed E-state index contributed by atoms with van der Waals surface area (Å²) in [5, 5.41) is 16.7. The van der Waals surface area contributed by atoms with Crippen LogP contribution in [0.3, 0.4) is 0 Å². The number of aromatic nitrogens is 4. The highest BCUT2D eigenvalue weighted by atomic mass is 16.5. The van der Waals surface area contributed by atoms with Gasteiger partial charge in [0, 0.05) is 36.6 Å². The smallest absolute Gasteiger partial charge is 0.407 e. The molecule has 16 heteroatoms. The van der Waals surface area contributed by atoms with E-state index in [1.807, 2.05) is 51.7 Å². The maximum atomic E-state index is 14.2. The first-order valence-corrected chi connectivity index (χ1v) is 22.1. The van der Waals surface area contributed by atoms with E-state index in [0.717, 1.165) is 68.3 Å². The van der Waals surface area contributed by atoms with E-state index in [1.54, 1.807) is 18.2 Å². The van der Waals surface area contributed by atoms with E-state index in [-0.39, 0.29) is 47.7 Å². The molecule has 2 aromatic heterocycles. The molecule has 3 aliphatic heterocycles. The molecule has 5 N–H and O–H groups in total. The molecule has 16 nitrogen and oxygen atoms in total. The van der Waals surface area contributed by atoms with Gasteiger partial charge in [-0.3, -0.25) is 9.59 Å². The highest BCUT2D eigenvalue weighted by Crippen LogP contribution is 2.44. The summed E-state index contributed by atoms with van der Waals surface area (Å²) >= 11 is 0. The van der Waals surface area contributed by atoms with Crippen molar-refractivity contribution >= 4 is 45.8 Å². The zero-order valence-corrected chi connectivity index (χ0v) is 37.0. The molecule has 4 amide bonds. The number of ether oxygens (including phenoxy) is 3. The number of aromatic amines is 2. The van der Waals surface area contributed by atoms with E-state index in [9.17, 15) is 24.3 Å². The number of amides is 4. The number of nitrogens with zero attached hydrogens (tertiary/aromatic N) is 4. The van der Waals surface area contributed by atoms with Crippen LogP contribution in [0.25, 0.3) is 44.2 Å². The molecule has 0 radical (unpaired) electrons. The number of H-pyrrole nitrogens is 2. The van der Waals surface area contributed by atoms with Crippen LogP contribution >= 0.6 is 0 Å². The lowest BCUT2D eigenvalue weighted by atomic mass is 9.92. The SMILES string of the molecule is CC[C@H](C)[C@H](NC(=O)OC)C(=O)N1C[C@@H](COC)C[C@H]1c1nc2c(ccc3cc4c(cc32)OCc2cc(-c3cnc([C@@H]5CC[C@H](C)N5C(=O)[C@@H](NC(=O)O)[C@@H](C)CC)[nH]3)ccc2-4)[nH]1. The number of hydrogen-bond donors (Lipinski definition) is 5. The fourth-order valence-corrected chi connectivity index (χ4v) is 9.71. The minimum atomic E-state index is -1.21. The fourth-order valence-electron chi connectivity index (χ4n) is 9.71. The fraction of sp³-hybridized carbons (Fsp3) is 0.489. The molecular formula is C47H58N8O8. The number of carbonyl (C=O) groups excluding carboxylic acids is 3. The molecule has 0 spiro atoms. The second kappa shape index (κ2) is 17.9. The summed E-state index contributed by atoms with van der Waals surface area (Å²) in [5.74, 6) is 1.51. The number of fused-ring (bicyclic) bond motifs is 6. The molecule has 3 aromatic carbocycles. The third kappa shape index (κ3) is 8.28. The molecule has 0 unspecified atom stereocenters. The van der Waals surface area contributed by atoms with E-state index in [0.29, 0.717) is 50.7 Å². The monoisotopic (exact) mass is 862 g/mol. The second-order valence-corrected chi connectivity index (χ2v) is 17.6. The van der Waals surface area contributed by atoms with Crippen LogP contribution in [-0.2, 0) is 25.7 Å². The number of methoxy groups -OCH3 is 2. The van der Waals surface area contributed by atoms with Crippen LogP contribution in [0.2, 0.25) is 0 Å². The van der Waals surface area contributed by atoms with Crippen LogP contribution in [-0.4, -0.2) is 104 Å². The zero-order chi connectivity index (χ0) is 44.7. The molecular weight excluding hydrogens is 805 g/mol. The lowest BCUT2D eigenvalue weighted by molar-refractivity contribution is -0.137. The molecule has 0 saturated carbocycles. The zero-order valence-electron chi connectivity index (χ0n) is 37.0. The van der Waals surface area contributed by atoms with Crippen molar-refractivity contribution in [3.8, 4) is 28.1 Å². The standard InChI is InChI=1S/C47H58N8O8/c1-8-24(3)39(53-47(60)62-7)44(56)54-21-27(22-61-6)16-37(54)43-49-34-14-12-28-18-33-31-13-11-29(17-30(31)23-63-38(33)19-32(28)41(34)51-43)35-20-48-42(50-35)36-15-10-26(5)55(36)45(57)40(25(4)9-2)52-46(58)59/h11-14,17-20,24-27,36-37,39-40,52H,8-10,15-16,21-23H2,1-7H3,(H,48,50)(H,49,51)(H,53,60)(H,58,59)/t24-,25-,26-,27-,36-,37-,39-,40-/m0/s1. The van der Waals surface area contributed by atoms with Crippen molar-refractivity contribution in [2.75, 3.05) is 27.4 Å². The Morgan fingerprint density at radius 3 is 2.40 bits per heavy atom. The molecule has 3 aliphatic rings. The molecule has 2 saturated heterocycles. The predicted octanol–water partition coefficient (Wildman–Crippen LogP) is 7.71. The number of hydrogen-bond acceptors (Lipinski definition) is 9. The van der Waals surface area contributed by atoms with Gasteiger partial charge in [-0.2, -0.15) is 0 Å². The summed E-state index contributed by atoms with van der Waals surface area (Å²) in [6, 6.07) is 12.3. The Labute approximate surface area is 366 Å². The maximum absolute atomic E-state index is 14.2. The van der Waals surface area contributed by atoms with Crippen molar-refractivity contribution in [2.45, 2.75) is 104 Å². The number of alkyl carbamates (subject to hydrolysis) is 1. The van der Waals surface area contributed by atoms with E-state index >= 15 is 0 Å². The summed E-state index contributed by atoms with van der Waals surface area (Å²) in [6.45, 7) is 11.1. The largest absolute Gasteiger partial charge is 0.488 e. The number of carbonyl (C=O) groups is 4. The van der Waals surface area contributed by atoms with Gasteiger partial charge in [-0.05, 0) is 84.4 Å². The van der Waals surface area contributed by atoms with Crippen molar-refractivity contribution < 1.29 is 38.5 Å². The van der Waals surface area contributed by atoms with Crippen LogP contribution < -0.4 is 15.4 Å². The second-order valence-electron chi connectivity index (χ2n) is 17.6. The van der Waals surface area contributed by atoms with E-state index in [2.05, 4.69) is 50.9 Å². The minimum Gasteiger partial charge on any atom is -0.488 e. The number of benzene rings is 3. The van der Waals surface area contributed by atoms with Gasteiger partial charge in [0.1, 0.15) is 36.1 Å². The number of carboxylic acid groups (broad SMARTS) is 1. The van der Waals surface area contributed by atoms with Crippen LogP contribution in [0.5, 0.6) is 5.75 Å². The Hall–Kier alpha value is -6.16. The molecule has 0 bridgehead atoms. The third-order valence-corrected chi connectivity index (χ3v) is 13.6. The van der Waals surface area contributed by atoms with Crippen LogP contribution in [0.4, 0.5) is 9.59 Å². The van der Waals surface area contributed by atoms with Crippen LogP contribution in [0.1, 0.15) is 96.0 Å². The van der Waals surface area contributed by atoms with Gasteiger partial charge >= 0.3 is 12.2 Å². The Morgan fingerprint density at radius 2 is 1.68 bits per heavy atom. The lowest BCUT2D eigenvalue weighted by Crippen LogP contribution is -2.52. The summed E-state index contributed by atoms with van der Waals surface area (Å²) < 4.78 is 16.8. The average molecular weight is 863 g/mol. The summed E-state index contributed by atoms with van der Waals surface area (Å²) in [4.78, 5) is 72.6. The summed E-state index contributed by atoms with van der Waals surface area (Å²) in [7, 11) is 2.96. The molecule has 334 valence electrons. The average Bonchev–Trinajstić information content (AvgIpc) is 4.11. The van der Waals surface area contributed by atoms with Gasteiger partial charge in [0.15, 0.2) is 0 Å². The molecule has 8 rings (SSSR count). The number of rotatable bonds is 13. The third-order valence-electron chi connectivity index (χ3n) is 13.6. The van der Waals surface area contributed by atoms with Gasteiger partial charge < -0.3 is 49.7 Å². The van der Waals surface area contributed by atoms with Crippen molar-refractivity contribution in [1.29, 1.82) is 0 Å². The van der Waals surface area contributed by atoms with Gasteiger partial charge in [-0.15, -0.1) is 0 Å². The Bertz CT molecular complexity index is 2530. The molecule has 5 heterocycles. The van der Waals surface area contributed by atoms with Crippen LogP contribution in [0.15, 0.2) is 48.7 Å². The van der Waals surface area contributed by atoms with Crippen LogP contribution in [0, 0.1) is 17.8 Å². The minimum absolute atomic E-state index is 0.0609. The van der Waals surface area contributed by atoms with Gasteiger partial charge in [0.05, 0.1) is 48.7 Å². The molecule has 8 atom stereocenters. The highest BCUT2D eigenvalue weighted by Gasteiger charge is 2.43. The quantitative estimate of drug-likeness (QED) is 0.0780. The number of imidazole rings is 2. The first kappa shape index (κ1) is 43.5. The van der Waals surface area contributed by atoms with E-state index < -0.39 is 24.3 Å². The normalized spacial score (nSPS) is 21.3. The first-order chi connectivity index (χ1) is 30.3. The number of nitrogens with one attached hydrogen (secondary N) is 4. The number of likely N-dealkylation sites (tertiary alicyclic amines) is 2. The Morgan fingerprint density at radius 1 is 0.921 bits per heavy atom. The summed E-state index contributed by atoms with van der Waals surface area (Å²) in [5.41, 5.74) is 6.43. The van der Waals surface area contributed by atoms with Crippen molar-refractivity contribution in [3.05, 3.63) is 65.9 Å². The van der Waals surface area contributed by atoms with Gasteiger partial charge in [-0.25, -0.2) is 19.6 Å². The topological polar surface area (TPSA) is 204 Å². The lowest BCUT2D eigenvalue weighted by Gasteiger charge is -2.33. The highest BCUT2D eigenvalue weighted by molar-refractivity contribution is 6.07. The first-order valence-electron chi connectivity index (χ1n) is 22.1. The van der Waals surface area contributed by atoms with Gasteiger partial charge in [-0.1, -0.05) is 58.7 Å². The predicted molar refractivity (Wildman–Crippen MR) is 237 cm³/mol. The Balaban J connectivity index is 1.06. The van der Waals surface area contributed by atoms with Crippen molar-refractivity contribution in [3.63, 3.8) is 0 Å². The molecule has 5 aromatic rings. The van der Waals surface area contributed by atoms with Gasteiger partial charge in [0.25, 0.3) is 0 Å². The molecule has 0 aliphatic carbocycles. The van der Waals surface area contributed by atoms with E-state index in [1.165, 1.54) is 7.11 Å². The maximum Gasteiger partial charge on any atom is 0.407 e.